The third kappa shape index (κ3) is 6.32. The smallest absolute Gasteiger partial charge is 0.246 e. The van der Waals surface area contributed by atoms with Gasteiger partial charge in [0.25, 0.3) is 0 Å². The largest absolute Gasteiger partial charge is 0.344 e. The van der Waals surface area contributed by atoms with E-state index in [-0.39, 0.29) is 17.2 Å². The fraction of sp³-hybridized carbons (Fsp3) is 0.444. The van der Waals surface area contributed by atoms with Gasteiger partial charge >= 0.3 is 0 Å². The Kier molecular flexibility index (Phi) is 8.40. The van der Waals surface area contributed by atoms with E-state index < -0.39 is 39.1 Å². The predicted octanol–water partition coefficient (Wildman–Crippen LogP) is 2.49. The molecule has 2 aliphatic rings. The molecule has 1 aliphatic carbocycles. The first kappa shape index (κ1) is 25.9. The van der Waals surface area contributed by atoms with Crippen molar-refractivity contribution in [2.45, 2.75) is 73.7 Å². The second-order valence-corrected chi connectivity index (χ2v) is 11.7. The van der Waals surface area contributed by atoms with Gasteiger partial charge < -0.3 is 16.0 Å². The van der Waals surface area contributed by atoms with Crippen LogP contribution < -0.4 is 16.0 Å². The Morgan fingerprint density at radius 1 is 0.944 bits per heavy atom. The monoisotopic (exact) mass is 511 g/mol. The van der Waals surface area contributed by atoms with Gasteiger partial charge in [-0.25, -0.2) is 8.42 Å². The minimum Gasteiger partial charge on any atom is -0.344 e. The van der Waals surface area contributed by atoms with E-state index in [1.165, 1.54) is 12.1 Å². The molecule has 3 atom stereocenters. The second-order valence-electron chi connectivity index (χ2n) is 9.62. The summed E-state index contributed by atoms with van der Waals surface area (Å²) in [6, 6.07) is 15.4. The highest BCUT2D eigenvalue weighted by Crippen LogP contribution is 2.28. The first-order valence-electron chi connectivity index (χ1n) is 12.6. The molecule has 3 amide bonds. The van der Waals surface area contributed by atoms with Crippen LogP contribution in [0.25, 0.3) is 0 Å². The van der Waals surface area contributed by atoms with Gasteiger partial charge in [0, 0.05) is 6.42 Å². The van der Waals surface area contributed by atoms with Crippen LogP contribution in [0.1, 0.15) is 50.5 Å². The molecule has 1 saturated carbocycles. The van der Waals surface area contributed by atoms with Gasteiger partial charge in [0.2, 0.25) is 27.6 Å². The lowest BCUT2D eigenvalue weighted by molar-refractivity contribution is -0.136. The summed E-state index contributed by atoms with van der Waals surface area (Å²) < 4.78 is 26.0. The molecule has 2 aromatic carbocycles. The predicted molar refractivity (Wildman–Crippen MR) is 135 cm³/mol. The number of carbonyl (C=O) groups is 3. The molecule has 1 heterocycles. The average molecular weight is 512 g/mol. The normalized spacial score (nSPS) is 21.1. The zero-order valence-corrected chi connectivity index (χ0v) is 21.0. The Morgan fingerprint density at radius 3 is 2.22 bits per heavy atom. The molecule has 2 fully saturated rings. The van der Waals surface area contributed by atoms with Gasteiger partial charge in [-0.3, -0.25) is 14.4 Å². The number of rotatable bonds is 10. The van der Waals surface area contributed by atoms with Crippen LogP contribution in [0, 0.1) is 5.92 Å². The number of sulfone groups is 1. The van der Waals surface area contributed by atoms with E-state index in [0.29, 0.717) is 18.8 Å². The molecule has 9 heteroatoms. The summed E-state index contributed by atoms with van der Waals surface area (Å²) in [4.78, 5) is 38.4. The molecule has 36 heavy (non-hydrogen) atoms. The summed E-state index contributed by atoms with van der Waals surface area (Å²) in [5, 5.41) is 6.63. The van der Waals surface area contributed by atoms with Gasteiger partial charge in [-0.05, 0) is 36.5 Å². The van der Waals surface area contributed by atoms with Crippen LogP contribution in [-0.4, -0.2) is 43.6 Å². The van der Waals surface area contributed by atoms with Crippen molar-refractivity contribution >= 4 is 27.6 Å². The average Bonchev–Trinajstić information content (AvgIpc) is 2.90. The van der Waals surface area contributed by atoms with E-state index in [9.17, 15) is 22.8 Å². The molecule has 3 N–H and O–H groups in total. The third-order valence-corrected chi connectivity index (χ3v) is 8.99. The van der Waals surface area contributed by atoms with Crippen molar-refractivity contribution in [1.82, 2.24) is 16.0 Å². The number of hydrogen-bond donors (Lipinski definition) is 3. The minimum absolute atomic E-state index is 0.0715. The maximum absolute atomic E-state index is 13.3. The van der Waals surface area contributed by atoms with Gasteiger partial charge in [0.1, 0.15) is 12.1 Å². The van der Waals surface area contributed by atoms with Crippen molar-refractivity contribution in [3.05, 3.63) is 66.2 Å². The zero-order chi connectivity index (χ0) is 25.5. The number of aryl methyl sites for hydroxylation is 1. The molecule has 8 nitrogen and oxygen atoms in total. The highest BCUT2D eigenvalue weighted by Gasteiger charge is 2.49. The highest BCUT2D eigenvalue weighted by molar-refractivity contribution is 7.92. The fourth-order valence-electron chi connectivity index (χ4n) is 4.92. The van der Waals surface area contributed by atoms with Gasteiger partial charge in [-0.2, -0.15) is 0 Å². The van der Waals surface area contributed by atoms with Crippen LogP contribution in [0.15, 0.2) is 65.6 Å². The molecule has 1 unspecified atom stereocenters. The summed E-state index contributed by atoms with van der Waals surface area (Å²) >= 11 is 0. The van der Waals surface area contributed by atoms with Crippen molar-refractivity contribution in [1.29, 1.82) is 0 Å². The Labute approximate surface area is 212 Å². The number of hydrogen-bond acceptors (Lipinski definition) is 5. The van der Waals surface area contributed by atoms with E-state index in [1.807, 2.05) is 30.3 Å². The lowest BCUT2D eigenvalue weighted by Crippen LogP contribution is -2.72. The summed E-state index contributed by atoms with van der Waals surface area (Å²) in [5.41, 5.74) is 1.03. The van der Waals surface area contributed by atoms with E-state index in [0.717, 1.165) is 37.7 Å². The lowest BCUT2D eigenvalue weighted by Gasteiger charge is -2.37. The maximum Gasteiger partial charge on any atom is 0.246 e. The van der Waals surface area contributed by atoms with Crippen LogP contribution in [-0.2, 0) is 30.6 Å². The first-order valence-corrected chi connectivity index (χ1v) is 14.1. The zero-order valence-electron chi connectivity index (χ0n) is 20.2. The Morgan fingerprint density at radius 2 is 1.58 bits per heavy atom. The van der Waals surface area contributed by atoms with E-state index >= 15 is 0 Å². The summed E-state index contributed by atoms with van der Waals surface area (Å²) in [6.07, 6.45) is 6.55. The van der Waals surface area contributed by atoms with Gasteiger partial charge in [-0.15, -0.1) is 0 Å². The summed E-state index contributed by atoms with van der Waals surface area (Å²) in [7, 11) is -3.88. The molecule has 4 rings (SSSR count). The molecule has 1 saturated heterocycles. The van der Waals surface area contributed by atoms with Crippen LogP contribution in [0.2, 0.25) is 0 Å². The Balaban J connectivity index is 1.43. The molecule has 2 aromatic rings. The van der Waals surface area contributed by atoms with Gasteiger partial charge in [0.05, 0.1) is 4.90 Å². The Hall–Kier alpha value is -3.20. The second kappa shape index (κ2) is 11.7. The molecule has 1 aliphatic heterocycles. The molecule has 0 aromatic heterocycles. The van der Waals surface area contributed by atoms with Crippen molar-refractivity contribution < 1.29 is 22.8 Å². The number of β-lactam (4-membered cyclic amide) rings is 1. The molecule has 0 spiro atoms. The topological polar surface area (TPSA) is 121 Å². The van der Waals surface area contributed by atoms with Crippen LogP contribution in [0.5, 0.6) is 0 Å². The van der Waals surface area contributed by atoms with Gasteiger partial charge in [-0.1, -0.05) is 80.6 Å². The van der Waals surface area contributed by atoms with Crippen LogP contribution in [0.4, 0.5) is 0 Å². The number of carbonyl (C=O) groups excluding carboxylic acids is 3. The van der Waals surface area contributed by atoms with Crippen LogP contribution >= 0.6 is 0 Å². The summed E-state index contributed by atoms with van der Waals surface area (Å²) in [6.45, 7) is 0. The maximum atomic E-state index is 13.3. The van der Waals surface area contributed by atoms with Crippen LogP contribution in [0.3, 0.4) is 0 Å². The first-order chi connectivity index (χ1) is 17.3. The number of amides is 3. The van der Waals surface area contributed by atoms with Gasteiger partial charge in [0.15, 0.2) is 5.37 Å². The van der Waals surface area contributed by atoms with E-state index in [1.54, 1.807) is 18.2 Å². The standard InChI is InChI=1S/C27H33N3O5S/c31-23(17-16-19-10-4-1-5-11-19)28-22(18-20-12-6-2-7-13-20)25(32)29-24-26(33)30-27(24)36(34,35)21-14-8-3-9-15-21/h1,3-5,8-11,14-15,20,22,24,27H,2,6-7,12-13,16-18H2,(H,28,31)(H,29,32)(H,30,33)/t22-,24-,27?/m0/s1. The molecular weight excluding hydrogens is 478 g/mol. The van der Waals surface area contributed by atoms with Crippen molar-refractivity contribution in [2.75, 3.05) is 0 Å². The fourth-order valence-corrected chi connectivity index (χ4v) is 6.57. The quantitative estimate of drug-likeness (QED) is 0.423. The highest BCUT2D eigenvalue weighted by atomic mass is 32.2. The number of benzene rings is 2. The molecule has 0 bridgehead atoms. The summed E-state index contributed by atoms with van der Waals surface area (Å²) in [5.74, 6) is -1.04. The molecule has 192 valence electrons. The van der Waals surface area contributed by atoms with E-state index in [2.05, 4.69) is 16.0 Å². The van der Waals surface area contributed by atoms with Crippen molar-refractivity contribution in [2.24, 2.45) is 5.92 Å². The lowest BCUT2D eigenvalue weighted by atomic mass is 9.84. The van der Waals surface area contributed by atoms with Crippen molar-refractivity contribution in [3.8, 4) is 0 Å². The van der Waals surface area contributed by atoms with Crippen molar-refractivity contribution in [3.63, 3.8) is 0 Å². The SMILES string of the molecule is O=C(CCc1ccccc1)N[C@@H](CC1CCCCC1)C(=O)N[C@H]1C(=O)NC1S(=O)(=O)c1ccccc1. The van der Waals surface area contributed by atoms with E-state index in [4.69, 9.17) is 0 Å². The Bertz CT molecular complexity index is 1160. The third-order valence-electron chi connectivity index (χ3n) is 7.00. The number of nitrogens with one attached hydrogen (secondary N) is 3. The molecular formula is C27H33N3O5S. The molecule has 0 radical (unpaired) electrons. The minimum atomic E-state index is -3.88.